The molecule has 5 rings (SSSR count). The number of aryl methyl sites for hydroxylation is 2. The second-order valence-corrected chi connectivity index (χ2v) is 7.95. The van der Waals surface area contributed by atoms with Gasteiger partial charge < -0.3 is 14.6 Å². The zero-order valence-corrected chi connectivity index (χ0v) is 17.5. The van der Waals surface area contributed by atoms with Gasteiger partial charge in [0.25, 0.3) is 0 Å². The van der Waals surface area contributed by atoms with Crippen molar-refractivity contribution in [2.24, 2.45) is 0 Å². The number of amides is 1. The molecule has 0 spiro atoms. The number of benzene rings is 2. The van der Waals surface area contributed by atoms with Crippen LogP contribution in [0.25, 0.3) is 21.9 Å². The zero-order valence-electron chi connectivity index (χ0n) is 17.5. The summed E-state index contributed by atoms with van der Waals surface area (Å²) in [6.07, 6.45) is 4.61. The average molecular weight is 413 g/mol. The molecule has 1 atom stereocenters. The Morgan fingerprint density at radius 2 is 2.06 bits per heavy atom. The van der Waals surface area contributed by atoms with Crippen LogP contribution in [0.15, 0.2) is 59.4 Å². The lowest BCUT2D eigenvalue weighted by atomic mass is 9.97. The number of carbonyl (C=O) groups is 1. The molecule has 6 heteroatoms. The molecule has 0 saturated heterocycles. The summed E-state index contributed by atoms with van der Waals surface area (Å²) in [4.78, 5) is 16.6. The summed E-state index contributed by atoms with van der Waals surface area (Å²) in [5, 5.41) is 9.26. The monoisotopic (exact) mass is 413 g/mol. The average Bonchev–Trinajstić information content (AvgIpc) is 3.36. The standard InChI is InChI=1S/C25H23N3O3/c1-15-22(16(2)31-28-15)12-25(29)27-14-20-11-23-21-7-5-17(19-4-3-9-26-13-19)10-18(21)6-8-24(23)30-20/h3-10,13,20H,11-12,14H2,1-2H3,(H,27,29). The molecule has 4 aromatic rings. The highest BCUT2D eigenvalue weighted by Gasteiger charge is 2.25. The second-order valence-electron chi connectivity index (χ2n) is 7.95. The molecule has 1 amide bonds. The second kappa shape index (κ2) is 7.87. The molecule has 1 N–H and O–H groups in total. The number of hydrogen-bond donors (Lipinski definition) is 1. The van der Waals surface area contributed by atoms with Crippen molar-refractivity contribution < 1.29 is 14.1 Å². The Labute approximate surface area is 180 Å². The van der Waals surface area contributed by atoms with E-state index >= 15 is 0 Å². The van der Waals surface area contributed by atoms with Crippen LogP contribution in [0.4, 0.5) is 0 Å². The van der Waals surface area contributed by atoms with Crippen molar-refractivity contribution >= 4 is 16.7 Å². The van der Waals surface area contributed by atoms with Gasteiger partial charge in [0.05, 0.1) is 18.7 Å². The van der Waals surface area contributed by atoms with Crippen molar-refractivity contribution in [3.8, 4) is 16.9 Å². The number of pyridine rings is 1. The Balaban J connectivity index is 1.28. The predicted molar refractivity (Wildman–Crippen MR) is 118 cm³/mol. The van der Waals surface area contributed by atoms with Crippen LogP contribution in [0.5, 0.6) is 5.75 Å². The third-order valence-corrected chi connectivity index (χ3v) is 5.85. The molecule has 2 aromatic carbocycles. The van der Waals surface area contributed by atoms with Crippen molar-refractivity contribution in [3.05, 3.63) is 77.4 Å². The van der Waals surface area contributed by atoms with Gasteiger partial charge in [-0.1, -0.05) is 29.4 Å². The summed E-state index contributed by atoms with van der Waals surface area (Å²) in [6.45, 7) is 4.14. The summed E-state index contributed by atoms with van der Waals surface area (Å²) in [7, 11) is 0. The number of carbonyl (C=O) groups excluding carboxylic acids is 1. The fourth-order valence-electron chi connectivity index (χ4n) is 4.18. The van der Waals surface area contributed by atoms with E-state index in [1.54, 1.807) is 6.20 Å². The SMILES string of the molecule is Cc1noc(C)c1CC(=O)NCC1Cc2c(ccc3cc(-c4cccnc4)ccc23)O1. The Morgan fingerprint density at radius 3 is 2.84 bits per heavy atom. The highest BCUT2D eigenvalue weighted by molar-refractivity contribution is 5.91. The van der Waals surface area contributed by atoms with E-state index in [2.05, 4.69) is 45.8 Å². The van der Waals surface area contributed by atoms with E-state index in [0.717, 1.165) is 34.6 Å². The molecule has 0 saturated carbocycles. The lowest BCUT2D eigenvalue weighted by Crippen LogP contribution is -2.35. The molecule has 31 heavy (non-hydrogen) atoms. The topological polar surface area (TPSA) is 77.3 Å². The van der Waals surface area contributed by atoms with Gasteiger partial charge in [0.15, 0.2) is 0 Å². The first-order chi connectivity index (χ1) is 15.1. The van der Waals surface area contributed by atoms with Gasteiger partial charge in [0.2, 0.25) is 5.91 Å². The number of nitrogens with zero attached hydrogens (tertiary/aromatic N) is 2. The van der Waals surface area contributed by atoms with Crippen LogP contribution in [-0.4, -0.2) is 28.7 Å². The molecule has 0 bridgehead atoms. The van der Waals surface area contributed by atoms with E-state index in [0.29, 0.717) is 12.3 Å². The Hall–Kier alpha value is -3.67. The maximum Gasteiger partial charge on any atom is 0.224 e. The molecule has 3 heterocycles. The number of hydrogen-bond acceptors (Lipinski definition) is 5. The molecule has 0 fully saturated rings. The maximum absolute atomic E-state index is 12.4. The first-order valence-corrected chi connectivity index (χ1v) is 10.4. The van der Waals surface area contributed by atoms with Crippen LogP contribution in [-0.2, 0) is 17.6 Å². The molecule has 0 radical (unpaired) electrons. The van der Waals surface area contributed by atoms with Crippen molar-refractivity contribution in [1.82, 2.24) is 15.5 Å². The fraction of sp³-hybridized carbons (Fsp3) is 0.240. The van der Waals surface area contributed by atoms with E-state index in [4.69, 9.17) is 9.26 Å². The van der Waals surface area contributed by atoms with Crippen LogP contribution < -0.4 is 10.1 Å². The normalized spacial score (nSPS) is 15.0. The molecule has 1 aliphatic rings. The summed E-state index contributed by atoms with van der Waals surface area (Å²) in [5.74, 6) is 1.53. The van der Waals surface area contributed by atoms with Gasteiger partial charge >= 0.3 is 0 Å². The lowest BCUT2D eigenvalue weighted by Gasteiger charge is -2.11. The third-order valence-electron chi connectivity index (χ3n) is 5.85. The van der Waals surface area contributed by atoms with Crippen molar-refractivity contribution in [3.63, 3.8) is 0 Å². The molecule has 1 aliphatic heterocycles. The smallest absolute Gasteiger partial charge is 0.224 e. The quantitative estimate of drug-likeness (QED) is 0.531. The van der Waals surface area contributed by atoms with E-state index in [-0.39, 0.29) is 18.4 Å². The van der Waals surface area contributed by atoms with Gasteiger partial charge in [-0.3, -0.25) is 9.78 Å². The van der Waals surface area contributed by atoms with E-state index in [9.17, 15) is 4.79 Å². The maximum atomic E-state index is 12.4. The number of ether oxygens (including phenoxy) is 1. The Morgan fingerprint density at radius 1 is 1.16 bits per heavy atom. The minimum absolute atomic E-state index is 0.0556. The van der Waals surface area contributed by atoms with E-state index in [1.807, 2.05) is 32.2 Å². The van der Waals surface area contributed by atoms with Crippen LogP contribution in [0.3, 0.4) is 0 Å². The largest absolute Gasteiger partial charge is 0.488 e. The number of aromatic nitrogens is 2. The number of nitrogens with one attached hydrogen (secondary N) is 1. The van der Waals surface area contributed by atoms with Gasteiger partial charge in [0, 0.05) is 35.5 Å². The molecular formula is C25H23N3O3. The van der Waals surface area contributed by atoms with Crippen LogP contribution in [0.1, 0.15) is 22.6 Å². The number of rotatable bonds is 5. The van der Waals surface area contributed by atoms with Gasteiger partial charge in [-0.15, -0.1) is 0 Å². The number of fused-ring (bicyclic) bond motifs is 3. The van der Waals surface area contributed by atoms with Gasteiger partial charge in [-0.25, -0.2) is 0 Å². The summed E-state index contributed by atoms with van der Waals surface area (Å²) in [6, 6.07) is 14.6. The Kier molecular flexibility index (Phi) is 4.90. The van der Waals surface area contributed by atoms with E-state index < -0.39 is 0 Å². The van der Waals surface area contributed by atoms with Crippen molar-refractivity contribution in [2.75, 3.05) is 6.54 Å². The molecular weight excluding hydrogens is 390 g/mol. The lowest BCUT2D eigenvalue weighted by molar-refractivity contribution is -0.120. The minimum Gasteiger partial charge on any atom is -0.488 e. The van der Waals surface area contributed by atoms with Crippen LogP contribution in [0, 0.1) is 13.8 Å². The molecule has 0 aliphatic carbocycles. The molecule has 6 nitrogen and oxygen atoms in total. The van der Waals surface area contributed by atoms with Crippen LogP contribution >= 0.6 is 0 Å². The zero-order chi connectivity index (χ0) is 21.4. The summed E-state index contributed by atoms with van der Waals surface area (Å²) in [5.41, 5.74) is 5.04. The highest BCUT2D eigenvalue weighted by atomic mass is 16.5. The first kappa shape index (κ1) is 19.3. The van der Waals surface area contributed by atoms with E-state index in [1.165, 1.54) is 16.3 Å². The van der Waals surface area contributed by atoms with Crippen LogP contribution in [0.2, 0.25) is 0 Å². The van der Waals surface area contributed by atoms with Crippen molar-refractivity contribution in [1.29, 1.82) is 0 Å². The van der Waals surface area contributed by atoms with Gasteiger partial charge in [0.1, 0.15) is 17.6 Å². The molecule has 156 valence electrons. The van der Waals surface area contributed by atoms with Crippen molar-refractivity contribution in [2.45, 2.75) is 32.8 Å². The van der Waals surface area contributed by atoms with Gasteiger partial charge in [-0.05, 0) is 48.4 Å². The van der Waals surface area contributed by atoms with Gasteiger partial charge in [-0.2, -0.15) is 0 Å². The third kappa shape index (κ3) is 3.77. The predicted octanol–water partition coefficient (Wildman–Crippen LogP) is 4.17. The molecule has 2 aromatic heterocycles. The minimum atomic E-state index is -0.0766. The highest BCUT2D eigenvalue weighted by Crippen LogP contribution is 2.36. The first-order valence-electron chi connectivity index (χ1n) is 10.4. The fourth-order valence-corrected chi connectivity index (χ4v) is 4.18. The molecule has 1 unspecified atom stereocenters. The Bertz CT molecular complexity index is 1240. The summed E-state index contributed by atoms with van der Waals surface area (Å²) < 4.78 is 11.2. The summed E-state index contributed by atoms with van der Waals surface area (Å²) >= 11 is 0.